The van der Waals surface area contributed by atoms with Crippen molar-refractivity contribution in [2.75, 3.05) is 13.6 Å². The van der Waals surface area contributed by atoms with E-state index < -0.39 is 0 Å². The molecule has 58 valence electrons. The van der Waals surface area contributed by atoms with E-state index in [9.17, 15) is 4.79 Å². The van der Waals surface area contributed by atoms with Crippen molar-refractivity contribution in [1.29, 1.82) is 0 Å². The molecule has 0 aromatic rings. The van der Waals surface area contributed by atoms with Crippen molar-refractivity contribution in [3.05, 3.63) is 0 Å². The predicted molar refractivity (Wildman–Crippen MR) is 39.6 cm³/mol. The summed E-state index contributed by atoms with van der Waals surface area (Å²) in [6.07, 6.45) is 0.973. The third-order valence-electron chi connectivity index (χ3n) is 2.15. The molecule has 1 fully saturated rings. The van der Waals surface area contributed by atoms with Crippen molar-refractivity contribution in [2.45, 2.75) is 19.4 Å². The van der Waals surface area contributed by atoms with Gasteiger partial charge in [-0.1, -0.05) is 0 Å². The number of carbonyl (C=O) groups excluding carboxylic acids is 1. The summed E-state index contributed by atoms with van der Waals surface area (Å²) in [5, 5.41) is 5.88. The van der Waals surface area contributed by atoms with Crippen LogP contribution in [0.3, 0.4) is 0 Å². The van der Waals surface area contributed by atoms with Gasteiger partial charge in [-0.15, -0.1) is 0 Å². The first kappa shape index (κ1) is 7.54. The summed E-state index contributed by atoms with van der Waals surface area (Å²) in [5.41, 5.74) is 0. The van der Waals surface area contributed by atoms with Crippen molar-refractivity contribution >= 4 is 5.91 Å². The van der Waals surface area contributed by atoms with E-state index in [1.54, 1.807) is 0 Å². The SMILES string of the molecule is CNC(C)C1CCNC1=O. The standard InChI is InChI=1S/C7H14N2O/c1-5(8-2)6-3-4-9-7(6)10/h5-6,8H,3-4H2,1-2H3,(H,9,10). The molecule has 0 aromatic heterocycles. The largest absolute Gasteiger partial charge is 0.356 e. The molecule has 1 saturated heterocycles. The van der Waals surface area contributed by atoms with E-state index in [0.29, 0.717) is 6.04 Å². The highest BCUT2D eigenvalue weighted by Crippen LogP contribution is 2.12. The molecule has 2 N–H and O–H groups in total. The summed E-state index contributed by atoms with van der Waals surface area (Å²) in [6.45, 7) is 2.88. The summed E-state index contributed by atoms with van der Waals surface area (Å²) in [7, 11) is 1.89. The predicted octanol–water partition coefficient (Wildman–Crippen LogP) is -0.270. The van der Waals surface area contributed by atoms with Crippen LogP contribution in [0.4, 0.5) is 0 Å². The van der Waals surface area contributed by atoms with Gasteiger partial charge in [0, 0.05) is 12.6 Å². The normalized spacial score (nSPS) is 28.2. The summed E-state index contributed by atoms with van der Waals surface area (Å²) >= 11 is 0. The van der Waals surface area contributed by atoms with Crippen LogP contribution in [0.2, 0.25) is 0 Å². The van der Waals surface area contributed by atoms with Crippen LogP contribution in [-0.2, 0) is 4.79 Å². The van der Waals surface area contributed by atoms with Gasteiger partial charge < -0.3 is 10.6 Å². The Labute approximate surface area is 61.2 Å². The van der Waals surface area contributed by atoms with Gasteiger partial charge in [0.2, 0.25) is 5.91 Å². The molecule has 10 heavy (non-hydrogen) atoms. The topological polar surface area (TPSA) is 41.1 Å². The molecule has 1 heterocycles. The van der Waals surface area contributed by atoms with E-state index in [2.05, 4.69) is 10.6 Å². The van der Waals surface area contributed by atoms with Gasteiger partial charge in [-0.25, -0.2) is 0 Å². The molecule has 0 aromatic carbocycles. The van der Waals surface area contributed by atoms with Crippen LogP contribution >= 0.6 is 0 Å². The molecule has 2 unspecified atom stereocenters. The Morgan fingerprint density at radius 2 is 2.50 bits per heavy atom. The number of nitrogens with one attached hydrogen (secondary N) is 2. The highest BCUT2D eigenvalue weighted by molar-refractivity contribution is 5.81. The Bertz CT molecular complexity index is 136. The van der Waals surface area contributed by atoms with Gasteiger partial charge >= 0.3 is 0 Å². The zero-order valence-electron chi connectivity index (χ0n) is 6.48. The van der Waals surface area contributed by atoms with Gasteiger partial charge in [-0.05, 0) is 20.4 Å². The fourth-order valence-electron chi connectivity index (χ4n) is 1.29. The van der Waals surface area contributed by atoms with E-state index in [-0.39, 0.29) is 11.8 Å². The number of rotatable bonds is 2. The minimum Gasteiger partial charge on any atom is -0.356 e. The van der Waals surface area contributed by atoms with Gasteiger partial charge in [0.15, 0.2) is 0 Å². The molecule has 2 atom stereocenters. The van der Waals surface area contributed by atoms with E-state index in [1.165, 1.54) is 0 Å². The van der Waals surface area contributed by atoms with Crippen LogP contribution in [0.25, 0.3) is 0 Å². The second-order valence-electron chi connectivity index (χ2n) is 2.76. The van der Waals surface area contributed by atoms with Crippen molar-refractivity contribution in [1.82, 2.24) is 10.6 Å². The molecule has 1 aliphatic rings. The van der Waals surface area contributed by atoms with Crippen LogP contribution in [0, 0.1) is 5.92 Å². The Balaban J connectivity index is 2.46. The molecular weight excluding hydrogens is 128 g/mol. The Kier molecular flexibility index (Phi) is 2.27. The van der Waals surface area contributed by atoms with Crippen LogP contribution in [0.1, 0.15) is 13.3 Å². The molecular formula is C7H14N2O. The second kappa shape index (κ2) is 3.01. The molecule has 0 saturated carbocycles. The highest BCUT2D eigenvalue weighted by atomic mass is 16.2. The Morgan fingerprint density at radius 1 is 1.80 bits per heavy atom. The molecule has 1 aliphatic heterocycles. The lowest BCUT2D eigenvalue weighted by Crippen LogP contribution is -2.35. The average molecular weight is 142 g/mol. The molecule has 3 nitrogen and oxygen atoms in total. The van der Waals surface area contributed by atoms with E-state index >= 15 is 0 Å². The Hall–Kier alpha value is -0.570. The molecule has 0 aliphatic carbocycles. The molecule has 1 rings (SSSR count). The highest BCUT2D eigenvalue weighted by Gasteiger charge is 2.27. The summed E-state index contributed by atoms with van der Waals surface area (Å²) in [5.74, 6) is 0.381. The number of hydrogen-bond donors (Lipinski definition) is 2. The van der Waals surface area contributed by atoms with Gasteiger partial charge in [0.1, 0.15) is 0 Å². The zero-order valence-corrected chi connectivity index (χ0v) is 6.48. The fraction of sp³-hybridized carbons (Fsp3) is 0.857. The maximum Gasteiger partial charge on any atom is 0.224 e. The van der Waals surface area contributed by atoms with E-state index in [1.807, 2.05) is 14.0 Å². The molecule has 1 amide bonds. The summed E-state index contributed by atoms with van der Waals surface area (Å²) < 4.78 is 0. The van der Waals surface area contributed by atoms with Crippen molar-refractivity contribution < 1.29 is 4.79 Å². The summed E-state index contributed by atoms with van der Waals surface area (Å²) in [4.78, 5) is 11.0. The van der Waals surface area contributed by atoms with Crippen LogP contribution in [0.15, 0.2) is 0 Å². The second-order valence-corrected chi connectivity index (χ2v) is 2.76. The maximum atomic E-state index is 11.0. The number of hydrogen-bond acceptors (Lipinski definition) is 2. The lowest BCUT2D eigenvalue weighted by Gasteiger charge is -2.14. The van der Waals surface area contributed by atoms with Gasteiger partial charge in [0.25, 0.3) is 0 Å². The molecule has 0 spiro atoms. The van der Waals surface area contributed by atoms with Gasteiger partial charge in [-0.3, -0.25) is 4.79 Å². The van der Waals surface area contributed by atoms with Crippen LogP contribution < -0.4 is 10.6 Å². The van der Waals surface area contributed by atoms with Crippen LogP contribution in [-0.4, -0.2) is 25.5 Å². The molecule has 0 radical (unpaired) electrons. The first-order chi connectivity index (χ1) is 4.75. The maximum absolute atomic E-state index is 11.0. The third-order valence-corrected chi connectivity index (χ3v) is 2.15. The Morgan fingerprint density at radius 3 is 2.90 bits per heavy atom. The fourth-order valence-corrected chi connectivity index (χ4v) is 1.29. The van der Waals surface area contributed by atoms with E-state index in [4.69, 9.17) is 0 Å². The average Bonchev–Trinajstić information content (AvgIpc) is 2.34. The third kappa shape index (κ3) is 1.29. The molecule has 3 heteroatoms. The van der Waals surface area contributed by atoms with Crippen LogP contribution in [0.5, 0.6) is 0 Å². The number of amides is 1. The van der Waals surface area contributed by atoms with Crippen molar-refractivity contribution in [3.8, 4) is 0 Å². The van der Waals surface area contributed by atoms with E-state index in [0.717, 1.165) is 13.0 Å². The van der Waals surface area contributed by atoms with Gasteiger partial charge in [0.05, 0.1) is 5.92 Å². The first-order valence-corrected chi connectivity index (χ1v) is 3.70. The lowest BCUT2D eigenvalue weighted by molar-refractivity contribution is -0.123. The van der Waals surface area contributed by atoms with Crippen molar-refractivity contribution in [3.63, 3.8) is 0 Å². The minimum atomic E-state index is 0.185. The zero-order chi connectivity index (χ0) is 7.56. The van der Waals surface area contributed by atoms with Crippen molar-refractivity contribution in [2.24, 2.45) is 5.92 Å². The summed E-state index contributed by atoms with van der Waals surface area (Å²) in [6, 6.07) is 0.308. The lowest BCUT2D eigenvalue weighted by atomic mass is 10.0. The minimum absolute atomic E-state index is 0.185. The smallest absolute Gasteiger partial charge is 0.224 e. The first-order valence-electron chi connectivity index (χ1n) is 3.70. The molecule has 0 bridgehead atoms. The number of carbonyl (C=O) groups is 1. The quantitative estimate of drug-likeness (QED) is 0.557. The van der Waals surface area contributed by atoms with Gasteiger partial charge in [-0.2, -0.15) is 0 Å². The monoisotopic (exact) mass is 142 g/mol.